The van der Waals surface area contributed by atoms with Crippen LogP contribution in [0.3, 0.4) is 0 Å². The summed E-state index contributed by atoms with van der Waals surface area (Å²) in [5.41, 5.74) is -2.14. The smallest absolute Gasteiger partial charge is 0.282 e. The van der Waals surface area contributed by atoms with Crippen LogP contribution < -0.4 is 10.0 Å². The summed E-state index contributed by atoms with van der Waals surface area (Å²) >= 11 is 52.2. The second-order valence-corrected chi connectivity index (χ2v) is 16.5. The first kappa shape index (κ1) is 33.9. The Morgan fingerprint density at radius 1 is 0.690 bits per heavy atom. The summed E-state index contributed by atoms with van der Waals surface area (Å²) in [7, 11) is -9.09. The third-order valence-corrected chi connectivity index (χ3v) is 12.7. The Morgan fingerprint density at radius 2 is 1.17 bits per heavy atom. The number of benzene rings is 3. The highest BCUT2D eigenvalue weighted by atomic mass is 35.5. The molecular weight excluding hydrogens is 754 g/mol. The molecule has 0 saturated heterocycles. The summed E-state index contributed by atoms with van der Waals surface area (Å²) < 4.78 is 54.3. The van der Waals surface area contributed by atoms with Gasteiger partial charge >= 0.3 is 0 Å². The zero-order valence-electron chi connectivity index (χ0n) is 20.8. The van der Waals surface area contributed by atoms with Gasteiger partial charge in [-0.25, -0.2) is 8.42 Å². The lowest BCUT2D eigenvalue weighted by Crippen LogP contribution is -2.73. The van der Waals surface area contributed by atoms with Crippen LogP contribution >= 0.6 is 92.8 Å². The molecule has 0 heterocycles. The van der Waals surface area contributed by atoms with Gasteiger partial charge in [-0.2, -0.15) is 17.5 Å². The number of hydrogen-bond acceptors (Lipinski definition) is 5. The summed E-state index contributed by atoms with van der Waals surface area (Å²) in [6.45, 7) is 1.83. The van der Waals surface area contributed by atoms with Crippen molar-refractivity contribution in [3.05, 3.63) is 98.5 Å². The lowest BCUT2D eigenvalue weighted by molar-refractivity contribution is 0.442. The molecule has 17 heteroatoms. The molecule has 3 aromatic carbocycles. The summed E-state index contributed by atoms with van der Waals surface area (Å²) in [5.74, 6) is 0. The fourth-order valence-electron chi connectivity index (χ4n) is 3.80. The molecule has 0 aliphatic heterocycles. The van der Waals surface area contributed by atoms with Crippen LogP contribution in [0, 0.1) is 6.92 Å². The van der Waals surface area contributed by atoms with Crippen LogP contribution in [0.2, 0.25) is 10.0 Å². The Labute approximate surface area is 282 Å². The van der Waals surface area contributed by atoms with Gasteiger partial charge in [-0.05, 0) is 67.6 Å². The van der Waals surface area contributed by atoms with E-state index in [0.29, 0.717) is 0 Å². The minimum Gasteiger partial charge on any atom is -0.359 e. The Kier molecular flexibility index (Phi) is 9.77. The summed E-state index contributed by atoms with van der Waals surface area (Å²) in [5, 5.41) is 2.14. The van der Waals surface area contributed by atoms with Gasteiger partial charge in [0.2, 0.25) is 10.0 Å². The number of nitrogens with zero attached hydrogens (tertiary/aromatic N) is 1. The van der Waals surface area contributed by atoms with Gasteiger partial charge in [0, 0.05) is 15.7 Å². The molecule has 7 nitrogen and oxygen atoms in total. The van der Waals surface area contributed by atoms with Crippen molar-refractivity contribution in [1.29, 1.82) is 0 Å². The van der Waals surface area contributed by atoms with Crippen LogP contribution in [-0.2, 0) is 20.0 Å². The second-order valence-electron chi connectivity index (χ2n) is 8.95. The third kappa shape index (κ3) is 6.26. The molecule has 42 heavy (non-hydrogen) atoms. The number of nitrogens with one attached hydrogen (secondary N) is 2. The normalized spacial score (nSPS) is 21.4. The average Bonchev–Trinajstić information content (AvgIpc) is 2.91. The molecular formula is C25H17Cl8N3O4S2. The molecule has 0 radical (unpaired) electrons. The van der Waals surface area contributed by atoms with Gasteiger partial charge in [0.15, 0.2) is 14.3 Å². The molecule has 3 aromatic rings. The quantitative estimate of drug-likeness (QED) is 0.186. The zero-order chi connectivity index (χ0) is 31.3. The first-order chi connectivity index (χ1) is 19.3. The molecule has 0 unspecified atom stereocenters. The molecule has 1 aliphatic rings. The molecule has 0 aromatic heterocycles. The highest BCUT2D eigenvalue weighted by Crippen LogP contribution is 2.59. The number of rotatable bonds is 7. The maximum Gasteiger partial charge on any atom is 0.282 e. The van der Waals surface area contributed by atoms with Crippen LogP contribution in [0.25, 0.3) is 0 Å². The largest absolute Gasteiger partial charge is 0.359 e. The molecule has 224 valence electrons. The number of sulfonamides is 2. The fraction of sp³-hybridized carbons (Fsp3) is 0.160. The van der Waals surface area contributed by atoms with Gasteiger partial charge in [0.25, 0.3) is 10.0 Å². The number of hydrogen-bond donors (Lipinski definition) is 2. The fourth-order valence-corrected chi connectivity index (χ4v) is 8.71. The number of halogens is 8. The van der Waals surface area contributed by atoms with Crippen molar-refractivity contribution in [3.8, 4) is 0 Å². The molecule has 0 fully saturated rings. The van der Waals surface area contributed by atoms with Gasteiger partial charge < -0.3 is 5.32 Å². The van der Waals surface area contributed by atoms with Crippen LogP contribution in [0.1, 0.15) is 5.56 Å². The van der Waals surface area contributed by atoms with E-state index >= 15 is 0 Å². The summed E-state index contributed by atoms with van der Waals surface area (Å²) in [6.07, 6.45) is 0. The minimum absolute atomic E-state index is 0.256. The Hall–Kier alpha value is -0.950. The van der Waals surface area contributed by atoms with E-state index in [-0.39, 0.29) is 25.5 Å². The molecule has 2 N–H and O–H groups in total. The molecule has 0 amide bonds. The molecule has 1 atom stereocenters. The summed E-state index contributed by atoms with van der Waals surface area (Å²) in [4.78, 5) is -0.557. The number of allylic oxidation sites excluding steroid dienone is 1. The van der Waals surface area contributed by atoms with E-state index in [9.17, 15) is 16.8 Å². The lowest BCUT2D eigenvalue weighted by Gasteiger charge is -2.51. The van der Waals surface area contributed by atoms with Crippen molar-refractivity contribution in [2.45, 2.75) is 31.0 Å². The maximum atomic E-state index is 13.7. The van der Waals surface area contributed by atoms with E-state index in [1.807, 2.05) is 6.92 Å². The number of alkyl halides is 4. The zero-order valence-corrected chi connectivity index (χ0v) is 28.5. The van der Waals surface area contributed by atoms with Gasteiger partial charge in [0.1, 0.15) is 5.71 Å². The first-order valence-corrected chi connectivity index (χ1v) is 17.4. The third-order valence-electron chi connectivity index (χ3n) is 6.01. The van der Waals surface area contributed by atoms with Crippen LogP contribution in [0.4, 0.5) is 5.69 Å². The average molecular weight is 771 g/mol. The van der Waals surface area contributed by atoms with Crippen molar-refractivity contribution >= 4 is 124 Å². The van der Waals surface area contributed by atoms with E-state index in [1.54, 1.807) is 24.3 Å². The Bertz CT molecular complexity index is 1800. The first-order valence-electron chi connectivity index (χ1n) is 11.4. The Morgan fingerprint density at radius 3 is 1.67 bits per heavy atom. The molecule has 4 rings (SSSR count). The van der Waals surface area contributed by atoms with Gasteiger partial charge in [-0.1, -0.05) is 111 Å². The van der Waals surface area contributed by atoms with Gasteiger partial charge in [0.05, 0.1) is 19.9 Å². The van der Waals surface area contributed by atoms with Gasteiger partial charge in [-0.3, -0.25) is 0 Å². The number of aryl methyl sites for hydroxylation is 1. The summed E-state index contributed by atoms with van der Waals surface area (Å²) in [6, 6.07) is 16.7. The molecule has 0 saturated carbocycles. The van der Waals surface area contributed by atoms with E-state index < -0.39 is 50.2 Å². The van der Waals surface area contributed by atoms with Crippen molar-refractivity contribution < 1.29 is 16.8 Å². The van der Waals surface area contributed by atoms with Crippen molar-refractivity contribution in [2.24, 2.45) is 4.40 Å². The van der Waals surface area contributed by atoms with Gasteiger partial charge in [-0.15, -0.1) is 0 Å². The van der Waals surface area contributed by atoms with E-state index in [1.165, 1.54) is 48.5 Å². The maximum absolute atomic E-state index is 13.7. The monoisotopic (exact) mass is 767 g/mol. The Balaban J connectivity index is 1.99. The highest BCUT2D eigenvalue weighted by molar-refractivity contribution is 7.90. The van der Waals surface area contributed by atoms with Crippen molar-refractivity contribution in [2.75, 3.05) is 5.32 Å². The molecule has 1 aliphatic carbocycles. The van der Waals surface area contributed by atoms with Crippen LogP contribution in [-0.4, -0.2) is 36.9 Å². The standard InChI is InChI=1S/C25H17Cl8N3O4S2/c1-14-2-8-17(9-3-14)34-24(36-42(39,40)19-12-6-16(27)7-13-19)21(29)20(28)22(23(30,31)25(24,32)33)35-41(37,38)18-10-4-15(26)5-11-18/h2-13,34,36H,1H3/t24-/m0/s1. The lowest BCUT2D eigenvalue weighted by atomic mass is 9.91. The van der Waals surface area contributed by atoms with E-state index in [0.717, 1.165) is 5.56 Å². The van der Waals surface area contributed by atoms with E-state index in [2.05, 4.69) is 14.4 Å². The predicted octanol–water partition coefficient (Wildman–Crippen LogP) is 8.27. The molecule has 0 bridgehead atoms. The topological polar surface area (TPSA) is 105 Å². The van der Waals surface area contributed by atoms with Crippen molar-refractivity contribution in [3.63, 3.8) is 0 Å². The second kappa shape index (κ2) is 12.1. The van der Waals surface area contributed by atoms with E-state index in [4.69, 9.17) is 92.8 Å². The minimum atomic E-state index is -4.55. The van der Waals surface area contributed by atoms with Crippen LogP contribution in [0.15, 0.2) is 97.0 Å². The predicted molar refractivity (Wildman–Crippen MR) is 173 cm³/mol. The highest BCUT2D eigenvalue weighted by Gasteiger charge is 2.71. The SMILES string of the molecule is Cc1ccc(N[C@]2(NS(=O)(=O)c3ccc(Cl)cc3)C(Cl)=C(Cl)C(=NS(=O)(=O)c3ccc(Cl)cc3)C(Cl)(Cl)C2(Cl)Cl)cc1. The van der Waals surface area contributed by atoms with Crippen molar-refractivity contribution in [1.82, 2.24) is 4.72 Å². The van der Waals surface area contributed by atoms with Crippen LogP contribution in [0.5, 0.6) is 0 Å². The number of anilines is 1. The molecule has 0 spiro atoms.